The van der Waals surface area contributed by atoms with Crippen molar-refractivity contribution >= 4 is 28.2 Å². The lowest BCUT2D eigenvalue weighted by Crippen LogP contribution is -2.44. The van der Waals surface area contributed by atoms with Gasteiger partial charge in [-0.1, -0.05) is 36.9 Å². The van der Waals surface area contributed by atoms with Gasteiger partial charge in [0, 0.05) is 61.8 Å². The van der Waals surface area contributed by atoms with Crippen LogP contribution in [0.4, 0.5) is 4.39 Å². The van der Waals surface area contributed by atoms with Gasteiger partial charge in [-0.15, -0.1) is 0 Å². The van der Waals surface area contributed by atoms with Crippen LogP contribution < -0.4 is 0 Å². The Hall–Kier alpha value is -2.86. The van der Waals surface area contributed by atoms with E-state index in [4.69, 9.17) is 16.6 Å². The number of hydrogen-bond donors (Lipinski definition) is 0. The van der Waals surface area contributed by atoms with E-state index < -0.39 is 0 Å². The van der Waals surface area contributed by atoms with E-state index in [9.17, 15) is 4.39 Å². The number of aromatic nitrogens is 3. The van der Waals surface area contributed by atoms with Crippen molar-refractivity contribution in [3.8, 4) is 11.3 Å². The lowest BCUT2D eigenvalue weighted by atomic mass is 10.1. The molecule has 1 aliphatic rings. The standard InChI is InChI=1S/C24H27ClFN5/c1-17(5-4-8-26)30-9-11-31(12-10-30)18(2)19-6-7-21-22(25)14-23(28-24(21)13-19)20-15-27-29(3)16-20/h6-7,13-16H,1-2,4-5,8-12H2,3H3. The third-order valence-electron chi connectivity index (χ3n) is 5.80. The van der Waals surface area contributed by atoms with Gasteiger partial charge in [-0.05, 0) is 30.5 Å². The summed E-state index contributed by atoms with van der Waals surface area (Å²) in [6.45, 7) is 11.6. The minimum atomic E-state index is -0.293. The first-order valence-corrected chi connectivity index (χ1v) is 10.9. The molecule has 3 heterocycles. The zero-order chi connectivity index (χ0) is 22.0. The topological polar surface area (TPSA) is 37.2 Å². The van der Waals surface area contributed by atoms with Crippen LogP contribution >= 0.6 is 11.6 Å². The Balaban J connectivity index is 1.52. The first kappa shape index (κ1) is 21.4. The number of alkyl halides is 1. The maximum Gasteiger partial charge on any atom is 0.0898 e. The molecule has 5 nitrogen and oxygen atoms in total. The average Bonchev–Trinajstić information content (AvgIpc) is 3.23. The summed E-state index contributed by atoms with van der Waals surface area (Å²) in [5, 5.41) is 5.81. The molecule has 1 fully saturated rings. The molecule has 31 heavy (non-hydrogen) atoms. The number of rotatable bonds is 7. The molecule has 2 aromatic heterocycles. The van der Waals surface area contributed by atoms with Crippen molar-refractivity contribution in [2.24, 2.45) is 7.05 Å². The molecular weight excluding hydrogens is 413 g/mol. The van der Waals surface area contributed by atoms with Crippen molar-refractivity contribution in [1.82, 2.24) is 24.6 Å². The molecule has 3 aromatic rings. The van der Waals surface area contributed by atoms with Gasteiger partial charge in [-0.25, -0.2) is 4.98 Å². The SMILES string of the molecule is C=C(CCCF)N1CCN(C(=C)c2ccc3c(Cl)cc(-c4cnn(C)c4)nc3c2)CC1. The third-order valence-corrected chi connectivity index (χ3v) is 6.11. The summed E-state index contributed by atoms with van der Waals surface area (Å²) in [6.07, 6.45) is 4.97. The van der Waals surface area contributed by atoms with Crippen LogP contribution in [-0.2, 0) is 7.05 Å². The first-order chi connectivity index (χ1) is 15.0. The van der Waals surface area contributed by atoms with E-state index in [1.54, 1.807) is 10.9 Å². The maximum absolute atomic E-state index is 12.4. The predicted molar refractivity (Wildman–Crippen MR) is 125 cm³/mol. The molecule has 1 saturated heterocycles. The zero-order valence-corrected chi connectivity index (χ0v) is 18.6. The Morgan fingerprint density at radius 1 is 1.13 bits per heavy atom. The summed E-state index contributed by atoms with van der Waals surface area (Å²) in [5.41, 5.74) is 5.59. The van der Waals surface area contributed by atoms with Gasteiger partial charge in [0.05, 0.1) is 29.1 Å². The van der Waals surface area contributed by atoms with Gasteiger partial charge >= 0.3 is 0 Å². The van der Waals surface area contributed by atoms with Crippen LogP contribution in [0.25, 0.3) is 27.9 Å². The molecule has 162 valence electrons. The molecule has 0 spiro atoms. The van der Waals surface area contributed by atoms with Crippen molar-refractivity contribution in [2.75, 3.05) is 32.9 Å². The fraction of sp³-hybridized carbons (Fsp3) is 0.333. The third kappa shape index (κ3) is 4.59. The number of piperazine rings is 1. The lowest BCUT2D eigenvalue weighted by Gasteiger charge is -2.39. The van der Waals surface area contributed by atoms with Crippen LogP contribution in [0.1, 0.15) is 18.4 Å². The van der Waals surface area contributed by atoms with Gasteiger partial charge in [0.25, 0.3) is 0 Å². The van der Waals surface area contributed by atoms with E-state index in [1.165, 1.54) is 0 Å². The molecule has 0 saturated carbocycles. The van der Waals surface area contributed by atoms with Crippen molar-refractivity contribution in [1.29, 1.82) is 0 Å². The Morgan fingerprint density at radius 3 is 2.55 bits per heavy atom. The molecule has 0 bridgehead atoms. The number of aryl methyl sites for hydroxylation is 1. The van der Waals surface area contributed by atoms with Crippen LogP contribution in [0.2, 0.25) is 5.02 Å². The monoisotopic (exact) mass is 439 g/mol. The number of benzene rings is 1. The Kier molecular flexibility index (Phi) is 6.28. The summed E-state index contributed by atoms with van der Waals surface area (Å²) in [4.78, 5) is 9.36. The van der Waals surface area contributed by atoms with Gasteiger partial charge in [-0.3, -0.25) is 9.07 Å². The van der Waals surface area contributed by atoms with Crippen LogP contribution in [0.5, 0.6) is 0 Å². The quantitative estimate of drug-likeness (QED) is 0.510. The number of fused-ring (bicyclic) bond motifs is 1. The molecule has 4 rings (SSSR count). The van der Waals surface area contributed by atoms with E-state index in [0.29, 0.717) is 17.9 Å². The highest BCUT2D eigenvalue weighted by Gasteiger charge is 2.20. The van der Waals surface area contributed by atoms with E-state index >= 15 is 0 Å². The smallest absolute Gasteiger partial charge is 0.0898 e. The van der Waals surface area contributed by atoms with Gasteiger partial charge in [0.2, 0.25) is 0 Å². The summed E-state index contributed by atoms with van der Waals surface area (Å²) in [6, 6.07) is 7.99. The molecule has 0 unspecified atom stereocenters. The zero-order valence-electron chi connectivity index (χ0n) is 17.8. The van der Waals surface area contributed by atoms with E-state index in [0.717, 1.165) is 65.3 Å². The number of pyridine rings is 1. The lowest BCUT2D eigenvalue weighted by molar-refractivity contribution is 0.208. The second kappa shape index (κ2) is 9.10. The maximum atomic E-state index is 12.4. The predicted octanol–water partition coefficient (Wildman–Crippen LogP) is 5.14. The van der Waals surface area contributed by atoms with Crippen molar-refractivity contribution < 1.29 is 4.39 Å². The summed E-state index contributed by atoms with van der Waals surface area (Å²) < 4.78 is 14.2. The van der Waals surface area contributed by atoms with Crippen LogP contribution in [0.15, 0.2) is 55.5 Å². The second-order valence-corrected chi connectivity index (χ2v) is 8.31. The fourth-order valence-corrected chi connectivity index (χ4v) is 4.23. The van der Waals surface area contributed by atoms with Crippen molar-refractivity contribution in [3.63, 3.8) is 0 Å². The van der Waals surface area contributed by atoms with Crippen molar-refractivity contribution in [2.45, 2.75) is 12.8 Å². The molecule has 7 heteroatoms. The number of nitrogens with zero attached hydrogens (tertiary/aromatic N) is 5. The largest absolute Gasteiger partial charge is 0.372 e. The summed E-state index contributed by atoms with van der Waals surface area (Å²) >= 11 is 6.54. The molecule has 0 atom stereocenters. The van der Waals surface area contributed by atoms with Gasteiger partial charge < -0.3 is 9.80 Å². The number of hydrogen-bond acceptors (Lipinski definition) is 4. The van der Waals surface area contributed by atoms with E-state index in [-0.39, 0.29) is 6.67 Å². The van der Waals surface area contributed by atoms with E-state index in [1.807, 2.05) is 25.4 Å². The normalized spacial score (nSPS) is 14.3. The second-order valence-electron chi connectivity index (χ2n) is 7.90. The Labute approximate surface area is 187 Å². The molecule has 0 radical (unpaired) electrons. The summed E-state index contributed by atoms with van der Waals surface area (Å²) in [7, 11) is 1.88. The Morgan fingerprint density at radius 2 is 1.87 bits per heavy atom. The van der Waals surface area contributed by atoms with Crippen LogP contribution in [0, 0.1) is 0 Å². The van der Waals surface area contributed by atoms with Gasteiger partial charge in [-0.2, -0.15) is 5.10 Å². The number of allylic oxidation sites excluding steroid dienone is 1. The van der Waals surface area contributed by atoms with Crippen LogP contribution in [0.3, 0.4) is 0 Å². The molecule has 1 aliphatic heterocycles. The molecule has 1 aromatic carbocycles. The molecule has 0 N–H and O–H groups in total. The highest BCUT2D eigenvalue weighted by Crippen LogP contribution is 2.30. The van der Waals surface area contributed by atoms with Gasteiger partial charge in [0.15, 0.2) is 0 Å². The first-order valence-electron chi connectivity index (χ1n) is 10.5. The van der Waals surface area contributed by atoms with Gasteiger partial charge in [0.1, 0.15) is 0 Å². The minimum Gasteiger partial charge on any atom is -0.372 e. The Bertz CT molecular complexity index is 1110. The number of halogens is 2. The van der Waals surface area contributed by atoms with Crippen molar-refractivity contribution in [3.05, 3.63) is 66.1 Å². The minimum absolute atomic E-state index is 0.293. The molecular formula is C24H27ClFN5. The van der Waals surface area contributed by atoms with E-state index in [2.05, 4.69) is 40.2 Å². The highest BCUT2D eigenvalue weighted by atomic mass is 35.5. The van der Waals surface area contributed by atoms with Crippen LogP contribution in [-0.4, -0.2) is 57.4 Å². The summed E-state index contributed by atoms with van der Waals surface area (Å²) in [5.74, 6) is 0. The molecule has 0 aliphatic carbocycles. The highest BCUT2D eigenvalue weighted by molar-refractivity contribution is 6.35. The molecule has 0 amide bonds. The fourth-order valence-electron chi connectivity index (χ4n) is 3.97. The average molecular weight is 440 g/mol.